The van der Waals surface area contributed by atoms with E-state index in [1.54, 1.807) is 18.2 Å². The quantitative estimate of drug-likeness (QED) is 0.826. The minimum Gasteiger partial charge on any atom is -0.506 e. The summed E-state index contributed by atoms with van der Waals surface area (Å²) >= 11 is 0. The molecule has 0 saturated heterocycles. The smallest absolute Gasteiger partial charge is 0.169 e. The number of anilines is 1. The van der Waals surface area contributed by atoms with Crippen molar-refractivity contribution in [2.75, 3.05) is 5.32 Å². The zero-order valence-electron chi connectivity index (χ0n) is 9.19. The third-order valence-corrected chi connectivity index (χ3v) is 2.15. The van der Waals surface area contributed by atoms with Crippen molar-refractivity contribution in [3.05, 3.63) is 35.3 Å². The van der Waals surface area contributed by atoms with Crippen LogP contribution >= 0.6 is 0 Å². The van der Waals surface area contributed by atoms with E-state index >= 15 is 0 Å². The molecule has 5 nitrogen and oxygen atoms in total. The van der Waals surface area contributed by atoms with E-state index in [2.05, 4.69) is 15.5 Å². The molecule has 0 atom stereocenters. The van der Waals surface area contributed by atoms with Crippen LogP contribution < -0.4 is 5.32 Å². The highest BCUT2D eigenvalue weighted by Crippen LogP contribution is 2.16. The van der Waals surface area contributed by atoms with Crippen molar-refractivity contribution in [2.24, 2.45) is 0 Å². The second kappa shape index (κ2) is 4.22. The van der Waals surface area contributed by atoms with Gasteiger partial charge in [0.2, 0.25) is 0 Å². The summed E-state index contributed by atoms with van der Waals surface area (Å²) in [7, 11) is 0. The summed E-state index contributed by atoms with van der Waals surface area (Å²) < 4.78 is 4.91. The Labute approximate surface area is 93.1 Å². The number of hydrogen-bond donors (Lipinski definition) is 2. The first-order valence-electron chi connectivity index (χ1n) is 4.98. The highest BCUT2D eigenvalue weighted by molar-refractivity contribution is 5.36. The van der Waals surface area contributed by atoms with Crippen molar-refractivity contribution in [3.63, 3.8) is 0 Å². The number of nitrogens with one attached hydrogen (secondary N) is 1. The Morgan fingerprint density at radius 3 is 2.88 bits per heavy atom. The minimum atomic E-state index is 0.179. The summed E-state index contributed by atoms with van der Waals surface area (Å²) in [6.07, 6.45) is 0. The molecule has 0 radical (unpaired) electrons. The monoisotopic (exact) mass is 219 g/mol. The Hall–Kier alpha value is -2.04. The summed E-state index contributed by atoms with van der Waals surface area (Å²) in [6, 6.07) is 5.18. The molecule has 2 rings (SSSR count). The fraction of sp³-hybridized carbons (Fsp3) is 0.273. The second-order valence-corrected chi connectivity index (χ2v) is 3.59. The van der Waals surface area contributed by atoms with Crippen LogP contribution in [0.1, 0.15) is 17.1 Å². The van der Waals surface area contributed by atoms with Crippen LogP contribution in [0.15, 0.2) is 22.7 Å². The third-order valence-electron chi connectivity index (χ3n) is 2.15. The van der Waals surface area contributed by atoms with Gasteiger partial charge in [-0.3, -0.25) is 4.98 Å². The molecule has 2 aromatic heterocycles. The van der Waals surface area contributed by atoms with Crippen molar-refractivity contribution < 1.29 is 9.63 Å². The molecule has 0 aliphatic carbocycles. The zero-order chi connectivity index (χ0) is 11.5. The number of aryl methyl sites for hydroxylation is 2. The molecule has 5 heteroatoms. The topological polar surface area (TPSA) is 71.2 Å². The number of rotatable bonds is 3. The zero-order valence-corrected chi connectivity index (χ0v) is 9.19. The van der Waals surface area contributed by atoms with E-state index in [-0.39, 0.29) is 5.75 Å². The molecule has 0 bridgehead atoms. The van der Waals surface area contributed by atoms with E-state index < -0.39 is 0 Å². The van der Waals surface area contributed by atoms with Crippen LogP contribution in [-0.2, 0) is 6.54 Å². The third kappa shape index (κ3) is 2.31. The SMILES string of the molecule is Cc1ccc(O)c(CNc2cc(C)on2)n1. The number of aromatic nitrogens is 2. The maximum absolute atomic E-state index is 9.57. The molecule has 84 valence electrons. The van der Waals surface area contributed by atoms with Gasteiger partial charge in [0, 0.05) is 11.8 Å². The molecule has 0 aromatic carbocycles. The predicted octanol–water partition coefficient (Wildman–Crippen LogP) is 2.00. The van der Waals surface area contributed by atoms with Gasteiger partial charge in [0.25, 0.3) is 0 Å². The molecule has 0 amide bonds. The van der Waals surface area contributed by atoms with Crippen LogP contribution in [0.2, 0.25) is 0 Å². The van der Waals surface area contributed by atoms with Gasteiger partial charge in [-0.05, 0) is 26.0 Å². The van der Waals surface area contributed by atoms with Crippen LogP contribution in [0.3, 0.4) is 0 Å². The standard InChI is InChI=1S/C11H13N3O2/c1-7-3-4-10(15)9(13-7)6-12-11-5-8(2)16-14-11/h3-5,15H,6H2,1-2H3,(H,12,14). The van der Waals surface area contributed by atoms with Gasteiger partial charge in [-0.1, -0.05) is 5.16 Å². The first kappa shape index (κ1) is 10.5. The Bertz CT molecular complexity index is 494. The molecule has 0 aliphatic heterocycles. The number of aromatic hydroxyl groups is 1. The van der Waals surface area contributed by atoms with Crippen LogP contribution in [0.4, 0.5) is 5.82 Å². The first-order valence-corrected chi connectivity index (χ1v) is 4.98. The normalized spacial score (nSPS) is 10.4. The van der Waals surface area contributed by atoms with Crippen molar-refractivity contribution >= 4 is 5.82 Å². The number of pyridine rings is 1. The highest BCUT2D eigenvalue weighted by atomic mass is 16.5. The number of nitrogens with zero attached hydrogens (tertiary/aromatic N) is 2. The average Bonchev–Trinajstić information content (AvgIpc) is 2.66. The Kier molecular flexibility index (Phi) is 2.76. The molecule has 0 unspecified atom stereocenters. The van der Waals surface area contributed by atoms with E-state index in [1.165, 1.54) is 0 Å². The van der Waals surface area contributed by atoms with Gasteiger partial charge in [0.1, 0.15) is 17.2 Å². The van der Waals surface area contributed by atoms with Crippen LogP contribution in [-0.4, -0.2) is 15.2 Å². The Balaban J connectivity index is 2.07. The van der Waals surface area contributed by atoms with Crippen molar-refractivity contribution in [3.8, 4) is 5.75 Å². The van der Waals surface area contributed by atoms with Crippen LogP contribution in [0.5, 0.6) is 5.75 Å². The van der Waals surface area contributed by atoms with Gasteiger partial charge in [0.05, 0.1) is 6.54 Å². The summed E-state index contributed by atoms with van der Waals surface area (Å²) in [5, 5.41) is 16.4. The van der Waals surface area contributed by atoms with E-state index in [9.17, 15) is 5.11 Å². The highest BCUT2D eigenvalue weighted by Gasteiger charge is 2.04. The van der Waals surface area contributed by atoms with Crippen molar-refractivity contribution in [1.29, 1.82) is 0 Å². The molecule has 0 aliphatic rings. The fourth-order valence-corrected chi connectivity index (χ4v) is 1.36. The van der Waals surface area contributed by atoms with Gasteiger partial charge in [-0.25, -0.2) is 0 Å². The fourth-order valence-electron chi connectivity index (χ4n) is 1.36. The van der Waals surface area contributed by atoms with Crippen molar-refractivity contribution in [2.45, 2.75) is 20.4 Å². The number of hydrogen-bond acceptors (Lipinski definition) is 5. The Morgan fingerprint density at radius 1 is 1.38 bits per heavy atom. The molecule has 2 N–H and O–H groups in total. The van der Waals surface area contributed by atoms with Crippen LogP contribution in [0.25, 0.3) is 0 Å². The molecule has 0 fully saturated rings. The first-order chi connectivity index (χ1) is 7.65. The van der Waals surface area contributed by atoms with Gasteiger partial charge < -0.3 is 14.9 Å². The molecule has 2 aromatic rings. The van der Waals surface area contributed by atoms with E-state index in [4.69, 9.17) is 4.52 Å². The van der Waals surface area contributed by atoms with E-state index in [1.807, 2.05) is 13.8 Å². The Morgan fingerprint density at radius 2 is 2.19 bits per heavy atom. The van der Waals surface area contributed by atoms with Gasteiger partial charge in [-0.15, -0.1) is 0 Å². The summed E-state index contributed by atoms with van der Waals surface area (Å²) in [5.74, 6) is 1.56. The predicted molar refractivity (Wildman–Crippen MR) is 59.2 cm³/mol. The minimum absolute atomic E-state index is 0.179. The average molecular weight is 219 g/mol. The largest absolute Gasteiger partial charge is 0.506 e. The molecule has 16 heavy (non-hydrogen) atoms. The lowest BCUT2D eigenvalue weighted by atomic mass is 10.3. The summed E-state index contributed by atoms with van der Waals surface area (Å²) in [5.41, 5.74) is 1.46. The lowest BCUT2D eigenvalue weighted by molar-refractivity contribution is 0.399. The summed E-state index contributed by atoms with van der Waals surface area (Å²) in [6.45, 7) is 4.11. The molecular weight excluding hydrogens is 206 g/mol. The maximum atomic E-state index is 9.57. The lowest BCUT2D eigenvalue weighted by Gasteiger charge is -2.05. The van der Waals surface area contributed by atoms with Gasteiger partial charge >= 0.3 is 0 Å². The summed E-state index contributed by atoms with van der Waals surface area (Å²) in [4.78, 5) is 4.22. The van der Waals surface area contributed by atoms with Gasteiger partial charge in [-0.2, -0.15) is 0 Å². The van der Waals surface area contributed by atoms with E-state index in [0.717, 1.165) is 11.5 Å². The van der Waals surface area contributed by atoms with Gasteiger partial charge in [0.15, 0.2) is 5.82 Å². The molecular formula is C11H13N3O2. The molecule has 0 saturated carbocycles. The molecule has 2 heterocycles. The molecule has 0 spiro atoms. The van der Waals surface area contributed by atoms with Crippen molar-refractivity contribution in [1.82, 2.24) is 10.1 Å². The lowest BCUT2D eigenvalue weighted by Crippen LogP contribution is -2.02. The van der Waals surface area contributed by atoms with E-state index in [0.29, 0.717) is 18.1 Å². The second-order valence-electron chi connectivity index (χ2n) is 3.59. The van der Waals surface area contributed by atoms with Crippen LogP contribution in [0, 0.1) is 13.8 Å². The maximum Gasteiger partial charge on any atom is 0.169 e.